The Morgan fingerprint density at radius 2 is 2.31 bits per heavy atom. The van der Waals surface area contributed by atoms with E-state index in [1.165, 1.54) is 5.57 Å². The summed E-state index contributed by atoms with van der Waals surface area (Å²) in [6.07, 6.45) is 8.36. The first kappa shape index (κ1) is 8.53. The molecule has 2 aliphatic rings. The monoisotopic (exact) mass is 178 g/mol. The fourth-order valence-electron chi connectivity index (χ4n) is 1.79. The van der Waals surface area contributed by atoms with E-state index in [-0.39, 0.29) is 6.61 Å². The quantitative estimate of drug-likeness (QED) is 0.553. The zero-order chi connectivity index (χ0) is 9.26. The molecular formula is C10H14N2O. The van der Waals surface area contributed by atoms with Crippen LogP contribution in [0.25, 0.3) is 0 Å². The molecule has 1 aliphatic carbocycles. The largest absolute Gasteiger partial charge is 0.390 e. The highest BCUT2D eigenvalue weighted by molar-refractivity contribution is 5.35. The molecule has 0 fully saturated rings. The summed E-state index contributed by atoms with van der Waals surface area (Å²) < 4.78 is 0. The molecule has 0 amide bonds. The van der Waals surface area contributed by atoms with E-state index in [9.17, 15) is 0 Å². The number of aliphatic hydroxyl groups is 1. The summed E-state index contributed by atoms with van der Waals surface area (Å²) in [6.45, 7) is 0.675. The molecule has 0 bridgehead atoms. The summed E-state index contributed by atoms with van der Waals surface area (Å²) in [6, 6.07) is 0.317. The van der Waals surface area contributed by atoms with E-state index in [0.29, 0.717) is 18.5 Å². The van der Waals surface area contributed by atoms with Crippen LogP contribution in [0.2, 0.25) is 0 Å². The van der Waals surface area contributed by atoms with Gasteiger partial charge in [0.25, 0.3) is 0 Å². The second kappa shape index (κ2) is 3.36. The van der Waals surface area contributed by atoms with Crippen molar-refractivity contribution in [2.45, 2.75) is 6.04 Å². The maximum absolute atomic E-state index is 8.94. The molecule has 3 nitrogen and oxygen atoms in total. The van der Waals surface area contributed by atoms with Crippen molar-refractivity contribution in [3.8, 4) is 0 Å². The van der Waals surface area contributed by atoms with Gasteiger partial charge in [-0.05, 0) is 5.57 Å². The number of nitrogens with two attached hydrogens (primary N) is 1. The Morgan fingerprint density at radius 1 is 1.46 bits per heavy atom. The van der Waals surface area contributed by atoms with E-state index < -0.39 is 0 Å². The number of rotatable bonds is 2. The van der Waals surface area contributed by atoms with Crippen LogP contribution in [0.15, 0.2) is 35.6 Å². The molecule has 4 N–H and O–H groups in total. The Balaban J connectivity index is 2.16. The molecule has 0 aromatic heterocycles. The van der Waals surface area contributed by atoms with Gasteiger partial charge in [-0.15, -0.1) is 0 Å². The van der Waals surface area contributed by atoms with Crippen LogP contribution in [-0.4, -0.2) is 24.3 Å². The number of hydrogen-bond donors (Lipinski definition) is 3. The summed E-state index contributed by atoms with van der Waals surface area (Å²) in [4.78, 5) is 0. The van der Waals surface area contributed by atoms with E-state index in [4.69, 9.17) is 10.8 Å². The highest BCUT2D eigenvalue weighted by Crippen LogP contribution is 2.24. The summed E-state index contributed by atoms with van der Waals surface area (Å²) in [5, 5.41) is 12.2. The molecule has 2 atom stereocenters. The lowest BCUT2D eigenvalue weighted by Crippen LogP contribution is -2.28. The molecule has 0 saturated carbocycles. The topological polar surface area (TPSA) is 58.3 Å². The Kier molecular flexibility index (Phi) is 2.20. The van der Waals surface area contributed by atoms with Gasteiger partial charge >= 0.3 is 0 Å². The highest BCUT2D eigenvalue weighted by Gasteiger charge is 2.24. The fourth-order valence-corrected chi connectivity index (χ4v) is 1.79. The first-order valence-corrected chi connectivity index (χ1v) is 4.50. The smallest absolute Gasteiger partial charge is 0.0824 e. The molecule has 3 heteroatoms. The van der Waals surface area contributed by atoms with Gasteiger partial charge in [0.15, 0.2) is 0 Å². The average Bonchev–Trinajstić information content (AvgIpc) is 2.58. The van der Waals surface area contributed by atoms with Crippen LogP contribution in [-0.2, 0) is 0 Å². The number of nitrogens with one attached hydrogen (secondary N) is 1. The SMILES string of the molecule is NCC1=CC2C=C(CO)NC2C=C1. The van der Waals surface area contributed by atoms with E-state index in [1.54, 1.807) is 0 Å². The van der Waals surface area contributed by atoms with Gasteiger partial charge in [0, 0.05) is 18.2 Å². The lowest BCUT2D eigenvalue weighted by Gasteiger charge is -2.18. The minimum Gasteiger partial charge on any atom is -0.390 e. The molecule has 2 unspecified atom stereocenters. The van der Waals surface area contributed by atoms with Crippen LogP contribution in [0, 0.1) is 5.92 Å². The minimum atomic E-state index is 0.0899. The summed E-state index contributed by atoms with van der Waals surface area (Å²) >= 11 is 0. The highest BCUT2D eigenvalue weighted by atomic mass is 16.3. The van der Waals surface area contributed by atoms with Gasteiger partial charge in [-0.25, -0.2) is 0 Å². The van der Waals surface area contributed by atoms with Crippen molar-refractivity contribution < 1.29 is 5.11 Å². The van der Waals surface area contributed by atoms with Crippen molar-refractivity contribution in [3.05, 3.63) is 35.6 Å². The maximum Gasteiger partial charge on any atom is 0.0824 e. The molecule has 0 radical (unpaired) electrons. The Bertz CT molecular complexity index is 291. The minimum absolute atomic E-state index is 0.0899. The van der Waals surface area contributed by atoms with Gasteiger partial charge in [-0.1, -0.05) is 24.3 Å². The van der Waals surface area contributed by atoms with Crippen molar-refractivity contribution in [1.82, 2.24) is 5.32 Å². The van der Waals surface area contributed by atoms with Crippen molar-refractivity contribution in [1.29, 1.82) is 0 Å². The number of aliphatic hydroxyl groups excluding tert-OH is 1. The van der Waals surface area contributed by atoms with Crippen molar-refractivity contribution in [2.75, 3.05) is 13.2 Å². The predicted octanol–water partition coefficient (Wildman–Crippen LogP) is -0.0945. The Hall–Kier alpha value is -1.06. The van der Waals surface area contributed by atoms with Crippen molar-refractivity contribution >= 4 is 0 Å². The van der Waals surface area contributed by atoms with Crippen LogP contribution in [0.5, 0.6) is 0 Å². The van der Waals surface area contributed by atoms with E-state index in [2.05, 4.69) is 23.5 Å². The van der Waals surface area contributed by atoms with E-state index in [0.717, 1.165) is 5.70 Å². The third kappa shape index (κ3) is 1.53. The van der Waals surface area contributed by atoms with Crippen LogP contribution < -0.4 is 11.1 Å². The summed E-state index contributed by atoms with van der Waals surface area (Å²) in [5.41, 5.74) is 7.62. The third-order valence-electron chi connectivity index (χ3n) is 2.49. The van der Waals surface area contributed by atoms with Gasteiger partial charge in [-0.2, -0.15) is 0 Å². The van der Waals surface area contributed by atoms with Crippen molar-refractivity contribution in [3.63, 3.8) is 0 Å². The lowest BCUT2D eigenvalue weighted by atomic mass is 9.93. The Labute approximate surface area is 77.6 Å². The number of fused-ring (bicyclic) bond motifs is 1. The van der Waals surface area contributed by atoms with Crippen LogP contribution in [0.3, 0.4) is 0 Å². The molecule has 1 aliphatic heterocycles. The normalized spacial score (nSPS) is 30.6. The molecule has 1 heterocycles. The van der Waals surface area contributed by atoms with Gasteiger partial charge in [0.1, 0.15) is 0 Å². The zero-order valence-electron chi connectivity index (χ0n) is 7.40. The fraction of sp³-hybridized carbons (Fsp3) is 0.400. The molecule has 0 aromatic carbocycles. The summed E-state index contributed by atoms with van der Waals surface area (Å²) in [5.74, 6) is 0.366. The standard InChI is InChI=1S/C10H14N2O/c11-5-7-1-2-10-8(3-7)4-9(6-13)12-10/h1-4,8,10,12-13H,5-6,11H2. The van der Waals surface area contributed by atoms with Crippen LogP contribution >= 0.6 is 0 Å². The first-order valence-electron chi connectivity index (χ1n) is 4.50. The lowest BCUT2D eigenvalue weighted by molar-refractivity contribution is 0.322. The molecule has 0 saturated heterocycles. The molecular weight excluding hydrogens is 164 g/mol. The van der Waals surface area contributed by atoms with E-state index >= 15 is 0 Å². The second-order valence-corrected chi connectivity index (χ2v) is 3.40. The van der Waals surface area contributed by atoms with Crippen molar-refractivity contribution in [2.24, 2.45) is 11.7 Å². The predicted molar refractivity (Wildman–Crippen MR) is 51.9 cm³/mol. The third-order valence-corrected chi connectivity index (χ3v) is 2.49. The molecule has 2 rings (SSSR count). The van der Waals surface area contributed by atoms with Crippen LogP contribution in [0.1, 0.15) is 0 Å². The second-order valence-electron chi connectivity index (χ2n) is 3.40. The van der Waals surface area contributed by atoms with Gasteiger partial charge in [0.05, 0.1) is 12.6 Å². The molecule has 70 valence electrons. The number of hydrogen-bond acceptors (Lipinski definition) is 3. The molecule has 0 spiro atoms. The first-order chi connectivity index (χ1) is 6.33. The Morgan fingerprint density at radius 3 is 3.00 bits per heavy atom. The van der Waals surface area contributed by atoms with E-state index in [1.807, 2.05) is 6.08 Å². The molecule has 13 heavy (non-hydrogen) atoms. The summed E-state index contributed by atoms with van der Waals surface area (Å²) in [7, 11) is 0. The molecule has 0 aromatic rings. The maximum atomic E-state index is 8.94. The van der Waals surface area contributed by atoms with Crippen LogP contribution in [0.4, 0.5) is 0 Å². The van der Waals surface area contributed by atoms with Gasteiger partial charge in [-0.3, -0.25) is 0 Å². The zero-order valence-corrected chi connectivity index (χ0v) is 7.40. The van der Waals surface area contributed by atoms with Gasteiger partial charge < -0.3 is 16.2 Å². The average molecular weight is 178 g/mol. The van der Waals surface area contributed by atoms with Gasteiger partial charge in [0.2, 0.25) is 0 Å².